The van der Waals surface area contributed by atoms with E-state index in [0.29, 0.717) is 77.3 Å². The lowest BCUT2D eigenvalue weighted by Gasteiger charge is -2.31. The molecule has 2 fully saturated rings. The first kappa shape index (κ1) is 46.5. The van der Waals surface area contributed by atoms with Crippen molar-refractivity contribution < 1.29 is 28.7 Å². The van der Waals surface area contributed by atoms with Crippen molar-refractivity contribution in [3.8, 4) is 45.5 Å². The van der Waals surface area contributed by atoms with Crippen LogP contribution in [-0.4, -0.2) is 88.8 Å². The maximum atomic E-state index is 12.4. The summed E-state index contributed by atoms with van der Waals surface area (Å²) in [6.07, 6.45) is 10.4. The predicted molar refractivity (Wildman–Crippen MR) is 267 cm³/mol. The summed E-state index contributed by atoms with van der Waals surface area (Å²) in [6, 6.07) is 33.9. The van der Waals surface area contributed by atoms with Crippen LogP contribution < -0.4 is 20.9 Å². The smallest absolute Gasteiger partial charge is 0.269 e. The summed E-state index contributed by atoms with van der Waals surface area (Å²) in [5.74, 6) is 2.24. The summed E-state index contributed by atoms with van der Waals surface area (Å²) < 4.78 is 15.1. The van der Waals surface area contributed by atoms with Gasteiger partial charge in [0.25, 0.3) is 11.8 Å². The van der Waals surface area contributed by atoms with Gasteiger partial charge in [-0.2, -0.15) is 0 Å². The molecule has 8 aromatic rings. The van der Waals surface area contributed by atoms with Crippen LogP contribution in [0.5, 0.6) is 23.0 Å². The average molecular weight is 939 g/mol. The highest BCUT2D eigenvalue weighted by Gasteiger charge is 2.31. The van der Waals surface area contributed by atoms with Gasteiger partial charge in [-0.25, -0.2) is 19.0 Å². The third kappa shape index (κ3) is 9.69. The topological polar surface area (TPSA) is 211 Å². The maximum absolute atomic E-state index is 12.4. The lowest BCUT2D eigenvalue weighted by Crippen LogP contribution is -2.38. The van der Waals surface area contributed by atoms with Crippen molar-refractivity contribution in [2.24, 2.45) is 11.5 Å². The number of carbonyl (C=O) groups is 4. The number of primary amides is 2. The Bertz CT molecular complexity index is 3210. The Labute approximate surface area is 404 Å². The fourth-order valence-electron chi connectivity index (χ4n) is 9.27. The van der Waals surface area contributed by atoms with Crippen LogP contribution in [0.25, 0.3) is 33.8 Å². The molecule has 6 heterocycles. The van der Waals surface area contributed by atoms with Crippen LogP contribution in [0.1, 0.15) is 83.5 Å². The van der Waals surface area contributed by atoms with E-state index in [4.69, 9.17) is 30.9 Å². The van der Waals surface area contributed by atoms with Gasteiger partial charge in [0.15, 0.2) is 22.7 Å². The van der Waals surface area contributed by atoms with Crippen molar-refractivity contribution in [2.45, 2.75) is 51.4 Å². The number of H-pyrrole nitrogens is 2. The zero-order chi connectivity index (χ0) is 48.9. The molecule has 0 radical (unpaired) electrons. The average Bonchev–Trinajstić information content (AvgIpc) is 4.17. The Morgan fingerprint density at radius 2 is 0.986 bits per heavy atom. The van der Waals surface area contributed by atoms with Crippen molar-refractivity contribution in [3.05, 3.63) is 168 Å². The number of nitrogens with two attached hydrogens (primary N) is 2. The molecule has 10 rings (SSSR count). The molecule has 0 atom stereocenters. The highest BCUT2D eigenvalue weighted by molar-refractivity contribution is 5.99. The molecule has 2 aliphatic heterocycles. The molecule has 0 aliphatic carbocycles. The number of rotatable bonds is 12. The molecule has 4 amide bonds. The second-order valence-corrected chi connectivity index (χ2v) is 17.4. The maximum Gasteiger partial charge on any atom is 0.269 e. The largest absolute Gasteiger partial charge is 0.457 e. The molecular weight excluding hydrogens is 885 g/mol. The van der Waals surface area contributed by atoms with E-state index >= 15 is 0 Å². The number of benzene rings is 4. The van der Waals surface area contributed by atoms with E-state index < -0.39 is 11.8 Å². The molecule has 16 heteroatoms. The van der Waals surface area contributed by atoms with Gasteiger partial charge in [0.2, 0.25) is 11.8 Å². The third-order valence-electron chi connectivity index (χ3n) is 12.8. The van der Waals surface area contributed by atoms with Crippen molar-refractivity contribution in [1.82, 2.24) is 39.0 Å². The quantitative estimate of drug-likeness (QED) is 0.0866. The van der Waals surface area contributed by atoms with Crippen molar-refractivity contribution in [3.63, 3.8) is 0 Å². The number of carbonyl (C=O) groups excluding carboxylic acids is 4. The zero-order valence-corrected chi connectivity index (χ0v) is 39.0. The lowest BCUT2D eigenvalue weighted by molar-refractivity contribution is -0.128. The number of piperidine rings is 2. The first-order valence-electron chi connectivity index (χ1n) is 23.3. The highest BCUT2D eigenvalue weighted by Crippen LogP contribution is 2.36. The van der Waals surface area contributed by atoms with Gasteiger partial charge in [0, 0.05) is 66.4 Å². The Hall–Kier alpha value is -8.66. The van der Waals surface area contributed by atoms with Gasteiger partial charge < -0.3 is 30.7 Å². The van der Waals surface area contributed by atoms with Crippen LogP contribution in [0, 0.1) is 0 Å². The van der Waals surface area contributed by atoms with Crippen molar-refractivity contribution in [2.75, 3.05) is 26.2 Å². The molecule has 0 saturated carbocycles. The zero-order valence-electron chi connectivity index (χ0n) is 39.0. The number of amides is 4. The first-order chi connectivity index (χ1) is 34.0. The molecule has 0 bridgehead atoms. The van der Waals surface area contributed by atoms with Crippen molar-refractivity contribution >= 4 is 34.9 Å². The fraction of sp³-hybridized carbons (Fsp3) is 0.222. The van der Waals surface area contributed by atoms with Crippen LogP contribution in [0.15, 0.2) is 146 Å². The Morgan fingerprint density at radius 1 is 0.600 bits per heavy atom. The van der Waals surface area contributed by atoms with Gasteiger partial charge in [-0.05, 0) is 130 Å². The van der Waals surface area contributed by atoms with Gasteiger partial charge in [-0.15, -0.1) is 0 Å². The summed E-state index contributed by atoms with van der Waals surface area (Å²) in [5.41, 5.74) is 18.7. The SMILES string of the molecule is C/C=C/C(=O)N1CCC(c2c[nH]n3c(C(N)=O)c(-c4ccc(Oc5ccccc5)cc4)nc23)CC1.C=C(C)C(=O)N1CCC(c2c[nH]n3c(C(N)=O)c(-c4ccc(Oc5ccccc5)cc4)nc23)CC1. The molecule has 2 saturated heterocycles. The molecular formula is C54H54N10O6. The van der Waals surface area contributed by atoms with Crippen LogP contribution >= 0.6 is 0 Å². The fourth-order valence-corrected chi connectivity index (χ4v) is 9.27. The summed E-state index contributed by atoms with van der Waals surface area (Å²) in [5, 5.41) is 6.32. The number of ether oxygens (including phenoxy) is 2. The third-order valence-corrected chi connectivity index (χ3v) is 12.8. The van der Waals surface area contributed by atoms with Gasteiger partial charge in [0.05, 0.1) is 0 Å². The van der Waals surface area contributed by atoms with Gasteiger partial charge in [-0.1, -0.05) is 49.1 Å². The van der Waals surface area contributed by atoms with Crippen molar-refractivity contribution in [1.29, 1.82) is 0 Å². The minimum atomic E-state index is -0.563. The van der Waals surface area contributed by atoms with E-state index in [0.717, 1.165) is 59.4 Å². The molecule has 2 aliphatic rings. The number of imidazole rings is 2. The number of hydrogen-bond acceptors (Lipinski definition) is 8. The van der Waals surface area contributed by atoms with E-state index in [2.05, 4.69) is 16.8 Å². The number of hydrogen-bond donors (Lipinski definition) is 4. The standard InChI is InChI=1S/2C27H27N5O3/c1-17(2)27(34)31-14-12-18(13-15-31)22-16-29-32-24(25(28)33)23(30-26(22)32)19-8-10-21(11-9-19)35-20-6-4-3-5-7-20;1-2-6-23(33)31-15-13-18(14-16-31)22-17-29-32-25(26(28)34)24(30-27(22)32)19-9-11-21(12-10-19)35-20-7-4-3-5-8-20/h3-11,16,18,29H,1,12-15H2,2H3,(H2,28,33);2-12,17-18,29H,13-16H2,1H3,(H2,28,34)/b;6-2+. The summed E-state index contributed by atoms with van der Waals surface area (Å²) in [4.78, 5) is 62.6. The number of para-hydroxylation sites is 2. The molecule has 0 unspecified atom stereocenters. The lowest BCUT2D eigenvalue weighted by atomic mass is 9.91. The minimum absolute atomic E-state index is 0.00136. The second-order valence-electron chi connectivity index (χ2n) is 17.4. The van der Waals surface area contributed by atoms with Crippen LogP contribution in [0.4, 0.5) is 0 Å². The first-order valence-corrected chi connectivity index (χ1v) is 23.3. The number of nitrogens with zero attached hydrogens (tertiary/aromatic N) is 6. The number of aromatic nitrogens is 6. The van der Waals surface area contributed by atoms with Gasteiger partial charge in [-0.3, -0.25) is 29.4 Å². The van der Waals surface area contributed by atoms with E-state index in [1.54, 1.807) is 28.1 Å². The predicted octanol–water partition coefficient (Wildman–Crippen LogP) is 9.01. The number of allylic oxidation sites excluding steroid dienone is 1. The Kier molecular flexibility index (Phi) is 13.5. The summed E-state index contributed by atoms with van der Waals surface area (Å²) in [7, 11) is 0. The van der Waals surface area contributed by atoms with Gasteiger partial charge >= 0.3 is 0 Å². The molecule has 0 spiro atoms. The summed E-state index contributed by atoms with van der Waals surface area (Å²) >= 11 is 0. The second kappa shape index (κ2) is 20.3. The van der Waals surface area contributed by atoms with E-state index in [9.17, 15) is 19.2 Å². The molecule has 70 heavy (non-hydrogen) atoms. The van der Waals surface area contributed by atoms with Crippen LogP contribution in [-0.2, 0) is 9.59 Å². The number of fused-ring (bicyclic) bond motifs is 2. The molecule has 6 N–H and O–H groups in total. The molecule has 356 valence electrons. The number of likely N-dealkylation sites (tertiary alicyclic amines) is 2. The van der Waals surface area contributed by atoms with E-state index in [1.807, 2.05) is 138 Å². The van der Waals surface area contributed by atoms with Crippen LogP contribution in [0.2, 0.25) is 0 Å². The molecule has 4 aromatic carbocycles. The minimum Gasteiger partial charge on any atom is -0.457 e. The summed E-state index contributed by atoms with van der Waals surface area (Å²) in [6.45, 7) is 10.0. The highest BCUT2D eigenvalue weighted by atomic mass is 16.5. The Balaban J connectivity index is 0.000000174. The van der Waals surface area contributed by atoms with Crippen LogP contribution in [0.3, 0.4) is 0 Å². The van der Waals surface area contributed by atoms with Gasteiger partial charge in [0.1, 0.15) is 34.4 Å². The van der Waals surface area contributed by atoms with E-state index in [-0.39, 0.29) is 23.7 Å². The molecule has 16 nitrogen and oxygen atoms in total. The number of nitrogens with one attached hydrogen (secondary N) is 2. The Morgan fingerprint density at radius 3 is 1.36 bits per heavy atom. The van der Waals surface area contributed by atoms with E-state index in [1.165, 1.54) is 0 Å². The molecule has 4 aromatic heterocycles. The monoisotopic (exact) mass is 938 g/mol. The normalized spacial score (nSPS) is 14.4. The number of aromatic amines is 2.